The molecule has 1 heterocycles. The number of carbonyl (C=O) groups excluding carboxylic acids is 1. The molecule has 0 spiro atoms. The molecule has 1 amide bonds. The number of aromatic nitrogens is 1. The van der Waals surface area contributed by atoms with E-state index in [9.17, 15) is 4.79 Å². The van der Waals surface area contributed by atoms with Gasteiger partial charge in [-0.05, 0) is 24.1 Å². The number of carbonyl (C=O) groups is 1. The summed E-state index contributed by atoms with van der Waals surface area (Å²) in [6, 6.07) is 13.6. The van der Waals surface area contributed by atoms with Crippen LogP contribution < -0.4 is 10.6 Å². The van der Waals surface area contributed by atoms with E-state index in [1.165, 1.54) is 0 Å². The van der Waals surface area contributed by atoms with Crippen molar-refractivity contribution in [1.82, 2.24) is 4.98 Å². The summed E-state index contributed by atoms with van der Waals surface area (Å²) in [6.07, 6.45) is 4.01. The minimum Gasteiger partial charge on any atom is -0.330 e. The average molecular weight is 269 g/mol. The van der Waals surface area contributed by atoms with Crippen LogP contribution in [0.2, 0.25) is 0 Å². The topological polar surface area (TPSA) is 59.2 Å². The van der Waals surface area contributed by atoms with Gasteiger partial charge >= 0.3 is 0 Å². The van der Waals surface area contributed by atoms with Crippen molar-refractivity contribution in [3.63, 3.8) is 0 Å². The van der Waals surface area contributed by atoms with Crippen LogP contribution in [0.25, 0.3) is 0 Å². The van der Waals surface area contributed by atoms with E-state index in [0.717, 1.165) is 11.3 Å². The summed E-state index contributed by atoms with van der Waals surface area (Å²) in [5.41, 5.74) is 7.73. The van der Waals surface area contributed by atoms with Gasteiger partial charge in [0.1, 0.15) is 0 Å². The zero-order valence-corrected chi connectivity index (χ0v) is 11.6. The lowest BCUT2D eigenvalue weighted by Gasteiger charge is -2.23. The summed E-state index contributed by atoms with van der Waals surface area (Å²) in [4.78, 5) is 18.1. The van der Waals surface area contributed by atoms with Crippen LogP contribution in [0.4, 0.5) is 5.69 Å². The fourth-order valence-corrected chi connectivity index (χ4v) is 2.14. The number of anilines is 1. The van der Waals surface area contributed by atoms with Gasteiger partial charge in [0.25, 0.3) is 0 Å². The molecule has 2 rings (SSSR count). The summed E-state index contributed by atoms with van der Waals surface area (Å²) in [5, 5.41) is 0. The average Bonchev–Trinajstić information content (AvgIpc) is 2.53. The summed E-state index contributed by atoms with van der Waals surface area (Å²) >= 11 is 0. The molecule has 0 saturated carbocycles. The second-order valence-electron chi connectivity index (χ2n) is 4.73. The highest BCUT2D eigenvalue weighted by Crippen LogP contribution is 2.16. The van der Waals surface area contributed by atoms with Crippen molar-refractivity contribution in [1.29, 1.82) is 0 Å². The van der Waals surface area contributed by atoms with Crippen LogP contribution in [0.1, 0.15) is 5.56 Å². The molecular formula is C16H19N3O. The Balaban J connectivity index is 2.09. The Morgan fingerprint density at radius 3 is 2.45 bits per heavy atom. The monoisotopic (exact) mass is 269 g/mol. The van der Waals surface area contributed by atoms with Gasteiger partial charge in [0.15, 0.2) is 0 Å². The van der Waals surface area contributed by atoms with Crippen LogP contribution in [-0.2, 0) is 11.2 Å². The van der Waals surface area contributed by atoms with Crippen LogP contribution in [0.3, 0.4) is 0 Å². The van der Waals surface area contributed by atoms with E-state index in [0.29, 0.717) is 13.0 Å². The van der Waals surface area contributed by atoms with E-state index >= 15 is 0 Å². The minimum atomic E-state index is -0.212. The molecule has 20 heavy (non-hydrogen) atoms. The van der Waals surface area contributed by atoms with E-state index < -0.39 is 0 Å². The maximum absolute atomic E-state index is 12.5. The number of hydrogen-bond acceptors (Lipinski definition) is 3. The van der Waals surface area contributed by atoms with Gasteiger partial charge < -0.3 is 10.6 Å². The van der Waals surface area contributed by atoms with E-state index in [4.69, 9.17) is 5.73 Å². The van der Waals surface area contributed by atoms with Crippen molar-refractivity contribution in [3.05, 3.63) is 60.4 Å². The third kappa shape index (κ3) is 3.42. The number of benzene rings is 1. The number of nitrogens with two attached hydrogens (primary N) is 1. The lowest BCUT2D eigenvalue weighted by molar-refractivity contribution is -0.121. The fraction of sp³-hybridized carbons (Fsp3) is 0.250. The van der Waals surface area contributed by atoms with Crippen LogP contribution in [0, 0.1) is 5.92 Å². The lowest BCUT2D eigenvalue weighted by Crippen LogP contribution is -2.37. The van der Waals surface area contributed by atoms with Gasteiger partial charge in [0.05, 0.1) is 5.92 Å². The minimum absolute atomic E-state index is 0.0301. The summed E-state index contributed by atoms with van der Waals surface area (Å²) < 4.78 is 0. The van der Waals surface area contributed by atoms with Gasteiger partial charge in [-0.3, -0.25) is 9.78 Å². The van der Waals surface area contributed by atoms with Gasteiger partial charge in [0.2, 0.25) is 5.91 Å². The van der Waals surface area contributed by atoms with Crippen LogP contribution in [0.15, 0.2) is 54.9 Å². The third-order valence-corrected chi connectivity index (χ3v) is 3.34. The smallest absolute Gasteiger partial charge is 0.231 e. The Morgan fingerprint density at radius 2 is 1.85 bits per heavy atom. The summed E-state index contributed by atoms with van der Waals surface area (Å²) in [5.74, 6) is -0.182. The first-order chi connectivity index (χ1) is 9.72. The van der Waals surface area contributed by atoms with Crippen LogP contribution in [-0.4, -0.2) is 24.5 Å². The predicted octanol–water partition coefficient (Wildman–Crippen LogP) is 1.86. The molecule has 0 aliphatic carbocycles. The first kappa shape index (κ1) is 14.2. The van der Waals surface area contributed by atoms with Gasteiger partial charge in [-0.15, -0.1) is 0 Å². The SMILES string of the molecule is CN(C(=O)C(CN)Cc1ccccc1)c1ccncc1. The van der Waals surface area contributed by atoms with Gasteiger partial charge in [0, 0.05) is 31.7 Å². The second-order valence-corrected chi connectivity index (χ2v) is 4.73. The third-order valence-electron chi connectivity index (χ3n) is 3.34. The Hall–Kier alpha value is -2.20. The highest BCUT2D eigenvalue weighted by molar-refractivity contribution is 5.94. The zero-order chi connectivity index (χ0) is 14.4. The van der Waals surface area contributed by atoms with Crippen molar-refractivity contribution in [2.75, 3.05) is 18.5 Å². The number of hydrogen-bond donors (Lipinski definition) is 1. The number of nitrogens with zero attached hydrogens (tertiary/aromatic N) is 2. The molecule has 2 N–H and O–H groups in total. The first-order valence-electron chi connectivity index (χ1n) is 6.64. The molecule has 104 valence electrons. The second kappa shape index (κ2) is 6.82. The maximum Gasteiger partial charge on any atom is 0.231 e. The molecule has 0 fully saturated rings. The largest absolute Gasteiger partial charge is 0.330 e. The standard InChI is InChI=1S/C16H19N3O/c1-19(15-7-9-18-10-8-15)16(20)14(12-17)11-13-5-3-2-4-6-13/h2-10,14H,11-12,17H2,1H3. The van der Waals surface area contributed by atoms with Crippen molar-refractivity contribution >= 4 is 11.6 Å². The Bertz CT molecular complexity index is 542. The summed E-state index contributed by atoms with van der Waals surface area (Å²) in [6.45, 7) is 0.336. The number of pyridine rings is 1. The van der Waals surface area contributed by atoms with Crippen LogP contribution >= 0.6 is 0 Å². The molecule has 0 radical (unpaired) electrons. The Kier molecular flexibility index (Phi) is 4.85. The normalized spacial score (nSPS) is 11.9. The zero-order valence-electron chi connectivity index (χ0n) is 11.6. The molecule has 1 aromatic carbocycles. The lowest BCUT2D eigenvalue weighted by atomic mass is 9.98. The number of amides is 1. The summed E-state index contributed by atoms with van der Waals surface area (Å²) in [7, 11) is 1.77. The van der Waals surface area contributed by atoms with Crippen molar-refractivity contribution in [2.24, 2.45) is 11.7 Å². The molecule has 1 aromatic heterocycles. The molecule has 1 unspecified atom stereocenters. The van der Waals surface area contributed by atoms with Crippen molar-refractivity contribution < 1.29 is 4.79 Å². The number of rotatable bonds is 5. The molecule has 1 atom stereocenters. The molecule has 4 heteroatoms. The highest BCUT2D eigenvalue weighted by Gasteiger charge is 2.21. The first-order valence-corrected chi connectivity index (χ1v) is 6.64. The van der Waals surface area contributed by atoms with Gasteiger partial charge in [-0.25, -0.2) is 0 Å². The molecular weight excluding hydrogens is 250 g/mol. The molecule has 0 saturated heterocycles. The van der Waals surface area contributed by atoms with E-state index in [2.05, 4.69) is 4.98 Å². The fourth-order valence-electron chi connectivity index (χ4n) is 2.14. The Morgan fingerprint density at radius 1 is 1.20 bits per heavy atom. The van der Waals surface area contributed by atoms with Crippen molar-refractivity contribution in [2.45, 2.75) is 6.42 Å². The van der Waals surface area contributed by atoms with Gasteiger partial charge in [-0.2, -0.15) is 0 Å². The molecule has 2 aromatic rings. The van der Waals surface area contributed by atoms with E-state index in [-0.39, 0.29) is 11.8 Å². The Labute approximate surface area is 119 Å². The van der Waals surface area contributed by atoms with Crippen molar-refractivity contribution in [3.8, 4) is 0 Å². The predicted molar refractivity (Wildman–Crippen MR) is 80.3 cm³/mol. The molecule has 0 bridgehead atoms. The molecule has 0 aliphatic rings. The molecule has 0 aliphatic heterocycles. The van der Waals surface area contributed by atoms with E-state index in [1.54, 1.807) is 24.3 Å². The van der Waals surface area contributed by atoms with E-state index in [1.807, 2.05) is 42.5 Å². The van der Waals surface area contributed by atoms with Gasteiger partial charge in [-0.1, -0.05) is 30.3 Å². The highest BCUT2D eigenvalue weighted by atomic mass is 16.2. The maximum atomic E-state index is 12.5. The van der Waals surface area contributed by atoms with Crippen LogP contribution in [0.5, 0.6) is 0 Å². The molecule has 4 nitrogen and oxygen atoms in total. The quantitative estimate of drug-likeness (QED) is 0.901.